The second-order valence-corrected chi connectivity index (χ2v) is 6.27. The van der Waals surface area contributed by atoms with E-state index >= 15 is 0 Å². The average Bonchev–Trinajstić information content (AvgIpc) is 3.08. The normalized spacial score (nSPS) is 10.3. The van der Waals surface area contributed by atoms with E-state index in [4.69, 9.17) is 4.74 Å². The molecule has 0 aliphatic carbocycles. The van der Waals surface area contributed by atoms with E-state index in [0.717, 1.165) is 0 Å². The Kier molecular flexibility index (Phi) is 5.94. The molecule has 0 atom stereocenters. The van der Waals surface area contributed by atoms with Gasteiger partial charge in [0.2, 0.25) is 5.91 Å². The Morgan fingerprint density at radius 3 is 2.52 bits per heavy atom. The minimum Gasteiger partial charge on any atom is -0.466 e. The molecule has 2 aromatic heterocycles. The van der Waals surface area contributed by atoms with Gasteiger partial charge >= 0.3 is 5.97 Å². The van der Waals surface area contributed by atoms with Gasteiger partial charge in [0.05, 0.1) is 30.8 Å². The number of ether oxygens (including phenoxy) is 1. The molecule has 0 saturated carbocycles. The molecule has 9 heteroatoms. The number of nitrogens with one attached hydrogen (secondary N) is 1. The minimum atomic E-state index is -0.365. The highest BCUT2D eigenvalue weighted by Crippen LogP contribution is 2.18. The van der Waals surface area contributed by atoms with E-state index in [0.29, 0.717) is 28.1 Å². The zero-order valence-electron chi connectivity index (χ0n) is 12.6. The quantitative estimate of drug-likeness (QED) is 0.604. The fraction of sp³-hybridized carbons (Fsp3) is 0.357. The molecule has 0 spiro atoms. The van der Waals surface area contributed by atoms with Crippen LogP contribution in [0.5, 0.6) is 0 Å². The van der Waals surface area contributed by atoms with Crippen LogP contribution in [0.2, 0.25) is 0 Å². The summed E-state index contributed by atoms with van der Waals surface area (Å²) >= 11 is 2.45. The molecule has 122 valence electrons. The number of Topliss-reactive ketones (excluding diaryl/α,β-unsaturated/α-hetero) is 1. The molecule has 0 aliphatic rings. The van der Waals surface area contributed by atoms with Crippen molar-refractivity contribution in [3.63, 3.8) is 0 Å². The summed E-state index contributed by atoms with van der Waals surface area (Å²) in [6, 6.07) is 0. The molecule has 0 unspecified atom stereocenters. The fourth-order valence-electron chi connectivity index (χ4n) is 1.71. The second-order valence-electron chi connectivity index (χ2n) is 4.55. The Morgan fingerprint density at radius 2 is 1.83 bits per heavy atom. The van der Waals surface area contributed by atoms with E-state index in [1.165, 1.54) is 29.6 Å². The molecule has 1 amide bonds. The van der Waals surface area contributed by atoms with E-state index in [1.807, 2.05) is 0 Å². The number of carbonyl (C=O) groups is 3. The lowest BCUT2D eigenvalue weighted by Gasteiger charge is -1.98. The van der Waals surface area contributed by atoms with Gasteiger partial charge in [0, 0.05) is 17.7 Å². The molecular formula is C14H15N3O4S2. The maximum atomic E-state index is 12.2. The molecule has 23 heavy (non-hydrogen) atoms. The van der Waals surface area contributed by atoms with E-state index < -0.39 is 0 Å². The van der Waals surface area contributed by atoms with Crippen LogP contribution in [0.3, 0.4) is 0 Å². The van der Waals surface area contributed by atoms with Gasteiger partial charge in [-0.15, -0.1) is 22.7 Å². The van der Waals surface area contributed by atoms with Crippen molar-refractivity contribution in [3.8, 4) is 0 Å². The van der Waals surface area contributed by atoms with E-state index in [9.17, 15) is 14.4 Å². The first-order chi connectivity index (χ1) is 11.0. The summed E-state index contributed by atoms with van der Waals surface area (Å²) in [4.78, 5) is 42.8. The van der Waals surface area contributed by atoms with Gasteiger partial charge in [0.1, 0.15) is 0 Å². The number of nitrogens with zero attached hydrogens (tertiary/aromatic N) is 2. The molecule has 0 bridgehead atoms. The average molecular weight is 353 g/mol. The molecule has 0 saturated heterocycles. The first-order valence-electron chi connectivity index (χ1n) is 6.83. The number of thiazole rings is 2. The molecule has 0 aliphatic heterocycles. The lowest BCUT2D eigenvalue weighted by Crippen LogP contribution is -2.09. The summed E-state index contributed by atoms with van der Waals surface area (Å²) in [6.45, 7) is 3.44. The maximum absolute atomic E-state index is 12.2. The van der Waals surface area contributed by atoms with Crippen molar-refractivity contribution in [2.24, 2.45) is 0 Å². The molecular weight excluding hydrogens is 338 g/mol. The van der Waals surface area contributed by atoms with Crippen LogP contribution in [0.15, 0.2) is 10.8 Å². The van der Waals surface area contributed by atoms with Crippen LogP contribution in [-0.2, 0) is 27.2 Å². The minimum absolute atomic E-state index is 0.0565. The molecule has 2 rings (SSSR count). The third kappa shape index (κ3) is 5.22. The summed E-state index contributed by atoms with van der Waals surface area (Å²) in [7, 11) is 0. The molecule has 1 N–H and O–H groups in total. The number of rotatable bonds is 7. The summed E-state index contributed by atoms with van der Waals surface area (Å²) < 4.78 is 4.84. The van der Waals surface area contributed by atoms with Crippen LogP contribution in [0, 0.1) is 0 Å². The van der Waals surface area contributed by atoms with Gasteiger partial charge in [-0.3, -0.25) is 14.4 Å². The standard InChI is InChI=1S/C14H15N3O4S2/c1-3-21-12(20)5-10-6-22-13(16-10)11(19)4-9-7-23-14(17-9)15-8(2)18/h6-7H,3-5H2,1-2H3,(H,15,17,18). The molecule has 0 fully saturated rings. The molecule has 0 radical (unpaired) electrons. The zero-order valence-corrected chi connectivity index (χ0v) is 14.3. The highest BCUT2D eigenvalue weighted by atomic mass is 32.1. The summed E-state index contributed by atoms with van der Waals surface area (Å²) in [5.74, 6) is -0.748. The smallest absolute Gasteiger partial charge is 0.311 e. The predicted octanol–water partition coefficient (Wildman–Crippen LogP) is 2.09. The van der Waals surface area contributed by atoms with Gasteiger partial charge < -0.3 is 10.1 Å². The molecule has 2 aromatic rings. The van der Waals surface area contributed by atoms with Crippen molar-refractivity contribution in [1.82, 2.24) is 9.97 Å². The third-order valence-corrected chi connectivity index (χ3v) is 4.34. The SMILES string of the molecule is CCOC(=O)Cc1csc(C(=O)Cc2csc(NC(C)=O)n2)n1. The number of amides is 1. The Bertz CT molecular complexity index is 723. The van der Waals surface area contributed by atoms with Crippen LogP contribution >= 0.6 is 22.7 Å². The zero-order chi connectivity index (χ0) is 16.8. The van der Waals surface area contributed by atoms with Crippen molar-refractivity contribution in [3.05, 3.63) is 27.2 Å². The number of ketones is 1. The van der Waals surface area contributed by atoms with Gasteiger partial charge in [0.15, 0.2) is 15.9 Å². The van der Waals surface area contributed by atoms with E-state index in [-0.39, 0.29) is 30.5 Å². The second kappa shape index (κ2) is 7.93. The van der Waals surface area contributed by atoms with Crippen LogP contribution in [0.25, 0.3) is 0 Å². The summed E-state index contributed by atoms with van der Waals surface area (Å²) in [6.07, 6.45) is 0.156. The number of anilines is 1. The molecule has 7 nitrogen and oxygen atoms in total. The van der Waals surface area contributed by atoms with Crippen molar-refractivity contribution in [2.45, 2.75) is 26.7 Å². The largest absolute Gasteiger partial charge is 0.466 e. The summed E-state index contributed by atoms with van der Waals surface area (Å²) in [5, 5.41) is 6.75. The Morgan fingerprint density at radius 1 is 1.13 bits per heavy atom. The van der Waals surface area contributed by atoms with Crippen LogP contribution in [0.4, 0.5) is 5.13 Å². The van der Waals surface area contributed by atoms with Crippen LogP contribution < -0.4 is 5.32 Å². The van der Waals surface area contributed by atoms with E-state index in [2.05, 4.69) is 15.3 Å². The van der Waals surface area contributed by atoms with E-state index in [1.54, 1.807) is 17.7 Å². The predicted molar refractivity (Wildman–Crippen MR) is 86.9 cm³/mol. The van der Waals surface area contributed by atoms with Crippen molar-refractivity contribution in [2.75, 3.05) is 11.9 Å². The first-order valence-corrected chi connectivity index (χ1v) is 8.59. The fourth-order valence-corrected chi connectivity index (χ4v) is 3.23. The topological polar surface area (TPSA) is 98.2 Å². The van der Waals surface area contributed by atoms with Gasteiger partial charge in [-0.1, -0.05) is 0 Å². The molecule has 2 heterocycles. The Labute approximate surface area is 140 Å². The van der Waals surface area contributed by atoms with Gasteiger partial charge in [-0.05, 0) is 6.92 Å². The number of carbonyl (C=O) groups excluding carboxylic acids is 3. The number of aromatic nitrogens is 2. The van der Waals surface area contributed by atoms with Crippen molar-refractivity contribution in [1.29, 1.82) is 0 Å². The highest BCUT2D eigenvalue weighted by molar-refractivity contribution is 7.14. The number of hydrogen-bond donors (Lipinski definition) is 1. The van der Waals surface area contributed by atoms with Crippen molar-refractivity contribution >= 4 is 45.5 Å². The van der Waals surface area contributed by atoms with Gasteiger partial charge in [-0.25, -0.2) is 9.97 Å². The van der Waals surface area contributed by atoms with Crippen molar-refractivity contribution < 1.29 is 19.1 Å². The van der Waals surface area contributed by atoms with Gasteiger partial charge in [0.25, 0.3) is 0 Å². The van der Waals surface area contributed by atoms with Crippen LogP contribution in [-0.4, -0.2) is 34.2 Å². The summed E-state index contributed by atoms with van der Waals surface area (Å²) in [5.41, 5.74) is 1.10. The highest BCUT2D eigenvalue weighted by Gasteiger charge is 2.16. The van der Waals surface area contributed by atoms with Gasteiger partial charge in [-0.2, -0.15) is 0 Å². The molecule has 0 aromatic carbocycles. The number of esters is 1. The first kappa shape index (κ1) is 17.2. The number of hydrogen-bond acceptors (Lipinski definition) is 8. The Hall–Kier alpha value is -2.13. The van der Waals surface area contributed by atoms with Crippen LogP contribution in [0.1, 0.15) is 35.0 Å². The monoisotopic (exact) mass is 353 g/mol. The Balaban J connectivity index is 1.95. The lowest BCUT2D eigenvalue weighted by molar-refractivity contribution is -0.142. The third-order valence-electron chi connectivity index (χ3n) is 2.60. The lowest BCUT2D eigenvalue weighted by atomic mass is 10.2. The maximum Gasteiger partial charge on any atom is 0.311 e.